The molecule has 0 spiro atoms. The minimum atomic E-state index is -0.664. The predicted octanol–water partition coefficient (Wildman–Crippen LogP) is 2.85. The van der Waals surface area contributed by atoms with Gasteiger partial charge in [0.05, 0.1) is 5.60 Å². The summed E-state index contributed by atoms with van der Waals surface area (Å²) in [6, 6.07) is 8.19. The fourth-order valence-electron chi connectivity index (χ4n) is 2.24. The van der Waals surface area contributed by atoms with Gasteiger partial charge in [-0.15, -0.1) is 0 Å². The zero-order valence-electron chi connectivity index (χ0n) is 12.2. The summed E-state index contributed by atoms with van der Waals surface area (Å²) < 4.78 is 0. The number of hydrogen-bond donors (Lipinski definition) is 2. The van der Waals surface area contributed by atoms with Gasteiger partial charge in [0.15, 0.2) is 0 Å². The molecule has 0 unspecified atom stereocenters. The normalized spacial score (nSPS) is 17.2. The second-order valence-electron chi connectivity index (χ2n) is 5.95. The molecular formula is C17H23NO2. The van der Waals surface area contributed by atoms with Crippen LogP contribution in [0, 0.1) is 0 Å². The SMILES string of the molecule is CC(C)c1ccc(/C=C/C(=O)NCC2(O)CCC2)cc1. The van der Waals surface area contributed by atoms with Crippen LogP contribution in [0.1, 0.15) is 50.2 Å². The van der Waals surface area contributed by atoms with Crippen LogP contribution in [-0.4, -0.2) is 23.2 Å². The van der Waals surface area contributed by atoms with Crippen molar-refractivity contribution in [3.05, 3.63) is 41.5 Å². The molecule has 1 amide bonds. The largest absolute Gasteiger partial charge is 0.388 e. The number of amides is 1. The molecule has 0 saturated heterocycles. The van der Waals surface area contributed by atoms with E-state index < -0.39 is 5.60 Å². The van der Waals surface area contributed by atoms with Crippen LogP contribution in [0.2, 0.25) is 0 Å². The average molecular weight is 273 g/mol. The second kappa shape index (κ2) is 6.23. The molecule has 0 aromatic heterocycles. The molecule has 108 valence electrons. The van der Waals surface area contributed by atoms with Crippen molar-refractivity contribution >= 4 is 12.0 Å². The van der Waals surface area contributed by atoms with E-state index in [1.165, 1.54) is 11.6 Å². The molecule has 3 nitrogen and oxygen atoms in total. The highest BCUT2D eigenvalue weighted by Crippen LogP contribution is 2.30. The van der Waals surface area contributed by atoms with Crippen LogP contribution in [0.3, 0.4) is 0 Å². The molecule has 0 heterocycles. The lowest BCUT2D eigenvalue weighted by Crippen LogP contribution is -2.47. The van der Waals surface area contributed by atoms with Gasteiger partial charge < -0.3 is 10.4 Å². The van der Waals surface area contributed by atoms with Crippen molar-refractivity contribution in [1.29, 1.82) is 0 Å². The summed E-state index contributed by atoms with van der Waals surface area (Å²) in [6.45, 7) is 4.66. The van der Waals surface area contributed by atoms with Crippen molar-refractivity contribution in [3.8, 4) is 0 Å². The number of carbonyl (C=O) groups excluding carboxylic acids is 1. The minimum Gasteiger partial charge on any atom is -0.388 e. The molecule has 0 atom stereocenters. The Kier molecular flexibility index (Phi) is 4.61. The summed E-state index contributed by atoms with van der Waals surface area (Å²) in [6.07, 6.45) is 5.93. The minimum absolute atomic E-state index is 0.154. The van der Waals surface area contributed by atoms with Gasteiger partial charge in [-0.1, -0.05) is 38.1 Å². The van der Waals surface area contributed by atoms with Crippen LogP contribution in [-0.2, 0) is 4.79 Å². The van der Waals surface area contributed by atoms with Crippen LogP contribution < -0.4 is 5.32 Å². The molecule has 0 bridgehead atoms. The number of aliphatic hydroxyl groups is 1. The van der Waals surface area contributed by atoms with E-state index in [1.54, 1.807) is 6.08 Å². The molecule has 1 aliphatic carbocycles. The molecule has 1 aliphatic rings. The zero-order chi connectivity index (χ0) is 14.6. The lowest BCUT2D eigenvalue weighted by atomic mass is 9.80. The maximum atomic E-state index is 11.7. The van der Waals surface area contributed by atoms with Crippen LogP contribution in [0.15, 0.2) is 30.3 Å². The molecule has 20 heavy (non-hydrogen) atoms. The predicted molar refractivity (Wildman–Crippen MR) is 81.4 cm³/mol. The summed E-state index contributed by atoms with van der Waals surface area (Å²) in [7, 11) is 0. The van der Waals surface area contributed by atoms with Crippen LogP contribution >= 0.6 is 0 Å². The fraction of sp³-hybridized carbons (Fsp3) is 0.471. The van der Waals surface area contributed by atoms with Gasteiger partial charge in [-0.05, 0) is 42.4 Å². The van der Waals surface area contributed by atoms with Crippen molar-refractivity contribution < 1.29 is 9.90 Å². The van der Waals surface area contributed by atoms with E-state index in [0.29, 0.717) is 12.5 Å². The van der Waals surface area contributed by atoms with Gasteiger partial charge in [-0.3, -0.25) is 4.79 Å². The number of nitrogens with one attached hydrogen (secondary N) is 1. The third-order valence-electron chi connectivity index (χ3n) is 3.91. The molecule has 1 aromatic rings. The van der Waals surface area contributed by atoms with Gasteiger partial charge in [-0.2, -0.15) is 0 Å². The average Bonchev–Trinajstić information content (AvgIpc) is 2.41. The lowest BCUT2D eigenvalue weighted by molar-refractivity contribution is -0.118. The monoisotopic (exact) mass is 273 g/mol. The Hall–Kier alpha value is -1.61. The molecular weight excluding hydrogens is 250 g/mol. The first-order valence-corrected chi connectivity index (χ1v) is 7.27. The Balaban J connectivity index is 1.83. The highest BCUT2D eigenvalue weighted by atomic mass is 16.3. The van der Waals surface area contributed by atoms with Gasteiger partial charge in [0.25, 0.3) is 0 Å². The van der Waals surface area contributed by atoms with E-state index in [-0.39, 0.29) is 5.91 Å². The smallest absolute Gasteiger partial charge is 0.244 e. The van der Waals surface area contributed by atoms with Crippen LogP contribution in [0.4, 0.5) is 0 Å². The van der Waals surface area contributed by atoms with Crippen LogP contribution in [0.5, 0.6) is 0 Å². The van der Waals surface area contributed by atoms with Gasteiger partial charge in [-0.25, -0.2) is 0 Å². The van der Waals surface area contributed by atoms with Gasteiger partial charge >= 0.3 is 0 Å². The van der Waals surface area contributed by atoms with E-state index in [4.69, 9.17) is 0 Å². The molecule has 0 radical (unpaired) electrons. The third kappa shape index (κ3) is 3.94. The summed E-state index contributed by atoms with van der Waals surface area (Å²) in [5, 5.41) is 12.6. The molecule has 2 rings (SSSR count). The topological polar surface area (TPSA) is 49.3 Å². The van der Waals surface area contributed by atoms with Gasteiger partial charge in [0, 0.05) is 12.6 Å². The maximum Gasteiger partial charge on any atom is 0.244 e. The van der Waals surface area contributed by atoms with Crippen LogP contribution in [0.25, 0.3) is 6.08 Å². The summed E-state index contributed by atoms with van der Waals surface area (Å²) in [4.78, 5) is 11.7. The van der Waals surface area contributed by atoms with E-state index >= 15 is 0 Å². The van der Waals surface area contributed by atoms with Crippen molar-refractivity contribution in [2.24, 2.45) is 0 Å². The first kappa shape index (κ1) is 14.8. The second-order valence-corrected chi connectivity index (χ2v) is 5.95. The highest BCUT2D eigenvalue weighted by Gasteiger charge is 2.34. The standard InChI is InChI=1S/C17H23NO2/c1-13(2)15-7-4-14(5-8-15)6-9-16(19)18-12-17(20)10-3-11-17/h4-9,13,20H,3,10-12H2,1-2H3,(H,18,19)/b9-6+. The lowest BCUT2D eigenvalue weighted by Gasteiger charge is -2.36. The molecule has 1 fully saturated rings. The van der Waals surface area contributed by atoms with Gasteiger partial charge in [0.1, 0.15) is 0 Å². The van der Waals surface area contributed by atoms with Crippen molar-refractivity contribution in [2.75, 3.05) is 6.54 Å². The molecule has 2 N–H and O–H groups in total. The Labute approximate surface area is 120 Å². The summed E-state index contributed by atoms with van der Waals surface area (Å²) in [5.41, 5.74) is 1.63. The molecule has 0 aliphatic heterocycles. The van der Waals surface area contributed by atoms with E-state index in [0.717, 1.165) is 24.8 Å². The third-order valence-corrected chi connectivity index (χ3v) is 3.91. The fourth-order valence-corrected chi connectivity index (χ4v) is 2.24. The maximum absolute atomic E-state index is 11.7. The van der Waals surface area contributed by atoms with E-state index in [9.17, 15) is 9.90 Å². The Morgan fingerprint density at radius 3 is 2.50 bits per heavy atom. The number of rotatable bonds is 5. The van der Waals surface area contributed by atoms with Crippen molar-refractivity contribution in [1.82, 2.24) is 5.32 Å². The molecule has 3 heteroatoms. The van der Waals surface area contributed by atoms with E-state index in [2.05, 4.69) is 31.3 Å². The first-order valence-electron chi connectivity index (χ1n) is 7.27. The first-order chi connectivity index (χ1) is 9.48. The quantitative estimate of drug-likeness (QED) is 0.810. The Morgan fingerprint density at radius 2 is 2.00 bits per heavy atom. The zero-order valence-corrected chi connectivity index (χ0v) is 12.2. The van der Waals surface area contributed by atoms with Crippen molar-refractivity contribution in [2.45, 2.75) is 44.6 Å². The van der Waals surface area contributed by atoms with Gasteiger partial charge in [0.2, 0.25) is 5.91 Å². The van der Waals surface area contributed by atoms with E-state index in [1.807, 2.05) is 12.1 Å². The Bertz CT molecular complexity index is 484. The number of hydrogen-bond acceptors (Lipinski definition) is 2. The molecule has 1 aromatic carbocycles. The Morgan fingerprint density at radius 1 is 1.35 bits per heavy atom. The molecule has 1 saturated carbocycles. The number of benzene rings is 1. The summed E-state index contributed by atoms with van der Waals surface area (Å²) >= 11 is 0. The highest BCUT2D eigenvalue weighted by molar-refractivity contribution is 5.91. The summed E-state index contributed by atoms with van der Waals surface area (Å²) in [5.74, 6) is 0.359. The number of carbonyl (C=O) groups is 1. The van der Waals surface area contributed by atoms with Crippen molar-refractivity contribution in [3.63, 3.8) is 0 Å².